The minimum Gasteiger partial charge on any atom is -0.467 e. The van der Waals surface area contributed by atoms with Gasteiger partial charge in [0.2, 0.25) is 0 Å². The fourth-order valence-electron chi connectivity index (χ4n) is 3.94. The van der Waals surface area contributed by atoms with Gasteiger partial charge in [-0.05, 0) is 70.9 Å². The maximum Gasteiger partial charge on any atom is 0.328 e. The number of amides is 1. The summed E-state index contributed by atoms with van der Waals surface area (Å²) in [6.07, 6.45) is 2.44. The maximum atomic E-state index is 13.3. The van der Waals surface area contributed by atoms with Crippen LogP contribution in [0.4, 0.5) is 0 Å². The van der Waals surface area contributed by atoms with E-state index in [1.165, 1.54) is 7.11 Å². The Balaban J connectivity index is 1.84. The van der Waals surface area contributed by atoms with E-state index in [-0.39, 0.29) is 12.5 Å². The zero-order chi connectivity index (χ0) is 25.9. The van der Waals surface area contributed by atoms with Crippen LogP contribution in [0.1, 0.15) is 39.0 Å². The molecule has 0 spiro atoms. The minimum absolute atomic E-state index is 0.00866. The highest BCUT2D eigenvalue weighted by atomic mass is 32.2. The molecular weight excluding hydrogens is 474 g/mol. The van der Waals surface area contributed by atoms with E-state index in [4.69, 9.17) is 9.47 Å². The minimum atomic E-state index is -0.711. The van der Waals surface area contributed by atoms with Gasteiger partial charge in [0, 0.05) is 5.56 Å². The average molecular weight is 508 g/mol. The third-order valence-corrected chi connectivity index (χ3v) is 6.52. The molecule has 7 heteroatoms. The Morgan fingerprint density at radius 1 is 0.944 bits per heavy atom. The number of carbonyl (C=O) groups is 2. The molecule has 6 nitrogen and oxygen atoms in total. The number of hydrogen-bond acceptors (Lipinski definition) is 6. The largest absolute Gasteiger partial charge is 0.467 e. The Bertz CT molecular complexity index is 1180. The first-order valence-electron chi connectivity index (χ1n) is 11.8. The number of rotatable bonds is 12. The van der Waals surface area contributed by atoms with Crippen LogP contribution in [0.15, 0.2) is 66.7 Å². The lowest BCUT2D eigenvalue weighted by Crippen LogP contribution is -2.42. The summed E-state index contributed by atoms with van der Waals surface area (Å²) in [4.78, 5) is 25.6. The highest BCUT2D eigenvalue weighted by Gasteiger charge is 2.23. The maximum absolute atomic E-state index is 13.3. The van der Waals surface area contributed by atoms with Gasteiger partial charge in [0.05, 0.1) is 26.9 Å². The van der Waals surface area contributed by atoms with Gasteiger partial charge in [-0.2, -0.15) is 11.8 Å². The lowest BCUT2D eigenvalue weighted by molar-refractivity contribution is -0.142. The molecule has 0 bridgehead atoms. The number of aliphatic hydroxyl groups excluding tert-OH is 1. The number of hydrogen-bond donors (Lipinski definition) is 2. The second-order valence-corrected chi connectivity index (χ2v) is 9.48. The van der Waals surface area contributed by atoms with Crippen molar-refractivity contribution >= 4 is 23.6 Å². The number of benzene rings is 3. The smallest absolute Gasteiger partial charge is 0.328 e. The standard InChI is InChI=1S/C29H33NO5S/c1-20-7-4-5-10-24(20)26-16-23(19-35-18-22-9-6-8-21(15-22)17-31)11-12-25(26)28(32)30-27(13-14-36-3)29(33)34-2/h4-12,15-16,27,31H,13-14,17-19H2,1-3H3,(H,30,32)/t27-/m0/s1. The zero-order valence-corrected chi connectivity index (χ0v) is 21.8. The summed E-state index contributed by atoms with van der Waals surface area (Å²) < 4.78 is 10.8. The summed E-state index contributed by atoms with van der Waals surface area (Å²) in [5, 5.41) is 12.2. The SMILES string of the molecule is COC(=O)[C@H](CCSC)NC(=O)c1ccc(COCc2cccc(CO)c2)cc1-c1ccccc1C. The van der Waals surface area contributed by atoms with Crippen molar-refractivity contribution in [1.82, 2.24) is 5.32 Å². The topological polar surface area (TPSA) is 84.9 Å². The van der Waals surface area contributed by atoms with Crippen molar-refractivity contribution in [2.75, 3.05) is 19.1 Å². The molecule has 3 rings (SSSR count). The highest BCUT2D eigenvalue weighted by Crippen LogP contribution is 2.29. The van der Waals surface area contributed by atoms with E-state index >= 15 is 0 Å². The predicted molar refractivity (Wildman–Crippen MR) is 144 cm³/mol. The summed E-state index contributed by atoms with van der Waals surface area (Å²) in [5.74, 6) is -0.0504. The van der Waals surface area contributed by atoms with Gasteiger partial charge in [0.15, 0.2) is 0 Å². The molecular formula is C29H33NO5S. The lowest BCUT2D eigenvalue weighted by Gasteiger charge is -2.19. The van der Waals surface area contributed by atoms with Crippen molar-refractivity contribution in [3.05, 3.63) is 94.5 Å². The Kier molecular flexibility index (Phi) is 10.5. The van der Waals surface area contributed by atoms with E-state index in [1.807, 2.05) is 73.8 Å². The van der Waals surface area contributed by atoms with E-state index in [1.54, 1.807) is 17.8 Å². The monoisotopic (exact) mass is 507 g/mol. The number of aliphatic hydroxyl groups is 1. The second kappa shape index (κ2) is 13.8. The molecule has 3 aromatic carbocycles. The molecule has 0 aliphatic heterocycles. The Morgan fingerprint density at radius 3 is 2.36 bits per heavy atom. The van der Waals surface area contributed by atoms with Crippen LogP contribution in [-0.4, -0.2) is 42.1 Å². The van der Waals surface area contributed by atoms with Gasteiger partial charge in [-0.25, -0.2) is 4.79 Å². The lowest BCUT2D eigenvalue weighted by atomic mass is 9.93. The summed E-state index contributed by atoms with van der Waals surface area (Å²) in [7, 11) is 1.33. The number of nitrogens with one attached hydrogen (secondary N) is 1. The number of methoxy groups -OCH3 is 1. The van der Waals surface area contributed by atoms with Gasteiger partial charge in [-0.3, -0.25) is 4.79 Å². The van der Waals surface area contributed by atoms with Crippen LogP contribution in [0.2, 0.25) is 0 Å². The highest BCUT2D eigenvalue weighted by molar-refractivity contribution is 7.98. The third kappa shape index (κ3) is 7.43. The second-order valence-electron chi connectivity index (χ2n) is 8.50. The van der Waals surface area contributed by atoms with Crippen LogP contribution < -0.4 is 5.32 Å². The molecule has 190 valence electrons. The Labute approximate surface area is 217 Å². The molecule has 2 N–H and O–H groups in total. The Morgan fingerprint density at radius 2 is 1.67 bits per heavy atom. The molecule has 0 aliphatic rings. The molecule has 3 aromatic rings. The molecule has 0 unspecified atom stereocenters. The van der Waals surface area contributed by atoms with E-state index in [9.17, 15) is 14.7 Å². The van der Waals surface area contributed by atoms with Crippen molar-refractivity contribution in [1.29, 1.82) is 0 Å². The first kappa shape index (κ1) is 27.5. The van der Waals surface area contributed by atoms with Crippen molar-refractivity contribution in [3.63, 3.8) is 0 Å². The average Bonchev–Trinajstić information content (AvgIpc) is 2.90. The summed E-state index contributed by atoms with van der Waals surface area (Å²) in [6, 6.07) is 20.4. The quantitative estimate of drug-likeness (QED) is 0.340. The zero-order valence-electron chi connectivity index (χ0n) is 21.0. The van der Waals surface area contributed by atoms with Crippen LogP contribution in [0.5, 0.6) is 0 Å². The number of thioether (sulfide) groups is 1. The molecule has 0 radical (unpaired) electrons. The van der Waals surface area contributed by atoms with Gasteiger partial charge in [0.25, 0.3) is 5.91 Å². The van der Waals surface area contributed by atoms with Crippen molar-refractivity contribution in [2.45, 2.75) is 39.2 Å². The fraction of sp³-hybridized carbons (Fsp3) is 0.310. The first-order chi connectivity index (χ1) is 17.5. The summed E-state index contributed by atoms with van der Waals surface area (Å²) >= 11 is 1.61. The van der Waals surface area contributed by atoms with Crippen molar-refractivity contribution in [2.24, 2.45) is 0 Å². The molecule has 1 amide bonds. The van der Waals surface area contributed by atoms with E-state index in [2.05, 4.69) is 5.32 Å². The van der Waals surface area contributed by atoms with Crippen LogP contribution in [-0.2, 0) is 34.1 Å². The van der Waals surface area contributed by atoms with Crippen LogP contribution in [0.3, 0.4) is 0 Å². The van der Waals surface area contributed by atoms with Crippen molar-refractivity contribution in [3.8, 4) is 11.1 Å². The van der Waals surface area contributed by atoms with Gasteiger partial charge < -0.3 is 19.9 Å². The molecule has 0 fully saturated rings. The molecule has 0 saturated carbocycles. The van der Waals surface area contributed by atoms with Crippen LogP contribution >= 0.6 is 11.8 Å². The van der Waals surface area contributed by atoms with Gasteiger partial charge in [-0.1, -0.05) is 54.6 Å². The predicted octanol–water partition coefficient (Wildman–Crippen LogP) is 4.90. The number of carbonyl (C=O) groups excluding carboxylic acids is 2. The van der Waals surface area contributed by atoms with E-state index in [0.717, 1.165) is 39.1 Å². The first-order valence-corrected chi connectivity index (χ1v) is 13.2. The molecule has 0 heterocycles. The fourth-order valence-corrected chi connectivity index (χ4v) is 4.42. The number of esters is 1. The molecule has 0 saturated heterocycles. The van der Waals surface area contributed by atoms with Gasteiger partial charge >= 0.3 is 5.97 Å². The molecule has 0 aromatic heterocycles. The normalized spacial score (nSPS) is 11.7. The summed E-state index contributed by atoms with van der Waals surface area (Å²) in [5.41, 5.74) is 6.00. The molecule has 36 heavy (non-hydrogen) atoms. The molecule has 0 aliphatic carbocycles. The summed E-state index contributed by atoms with van der Waals surface area (Å²) in [6.45, 7) is 2.77. The number of aryl methyl sites for hydroxylation is 1. The number of ether oxygens (including phenoxy) is 2. The van der Waals surface area contributed by atoms with Gasteiger partial charge in [-0.15, -0.1) is 0 Å². The molecule has 1 atom stereocenters. The van der Waals surface area contributed by atoms with E-state index in [0.29, 0.717) is 25.2 Å². The third-order valence-electron chi connectivity index (χ3n) is 5.88. The van der Waals surface area contributed by atoms with Crippen LogP contribution in [0, 0.1) is 6.92 Å². The van der Waals surface area contributed by atoms with Crippen LogP contribution in [0.25, 0.3) is 11.1 Å². The van der Waals surface area contributed by atoms with E-state index < -0.39 is 12.0 Å². The Hall–Kier alpha value is -3.13. The van der Waals surface area contributed by atoms with Gasteiger partial charge in [0.1, 0.15) is 6.04 Å². The van der Waals surface area contributed by atoms with Crippen molar-refractivity contribution < 1.29 is 24.2 Å².